The molecule has 0 aromatic rings. The summed E-state index contributed by atoms with van der Waals surface area (Å²) in [4.78, 5) is 5.40. The molecule has 156 valence electrons. The minimum Gasteiger partial charge on any atom is -0.375 e. The Labute approximate surface area is 168 Å². The molecular weight excluding hydrogens is 332 g/mol. The normalized spacial score (nSPS) is 29.6. The van der Waals surface area contributed by atoms with Crippen molar-refractivity contribution in [2.24, 2.45) is 16.7 Å². The Morgan fingerprint density at radius 2 is 1.48 bits per heavy atom. The summed E-state index contributed by atoms with van der Waals surface area (Å²) in [7, 11) is 0. The predicted octanol–water partition coefficient (Wildman–Crippen LogP) is 4.95. The molecule has 0 amide bonds. The molecule has 0 aromatic carbocycles. The molecule has 1 spiro atoms. The smallest absolute Gasteiger partial charge is 0.0603 e. The number of hydrogen-bond acceptors (Lipinski definition) is 3. The van der Waals surface area contributed by atoms with Crippen LogP contribution >= 0.6 is 0 Å². The predicted molar refractivity (Wildman–Crippen MR) is 113 cm³/mol. The second-order valence-electron chi connectivity index (χ2n) is 11.4. The lowest BCUT2D eigenvalue weighted by atomic mass is 9.61. The average Bonchev–Trinajstić information content (AvgIpc) is 3.34. The van der Waals surface area contributed by atoms with Crippen LogP contribution in [0, 0.1) is 16.7 Å². The lowest BCUT2D eigenvalue weighted by molar-refractivity contribution is -0.143. The second-order valence-corrected chi connectivity index (χ2v) is 11.4. The van der Waals surface area contributed by atoms with Crippen molar-refractivity contribution < 1.29 is 4.74 Å². The lowest BCUT2D eigenvalue weighted by Gasteiger charge is -2.53. The van der Waals surface area contributed by atoms with E-state index in [1.165, 1.54) is 90.5 Å². The van der Waals surface area contributed by atoms with Crippen molar-refractivity contribution in [3.05, 3.63) is 0 Å². The molecule has 4 aliphatic rings. The highest BCUT2D eigenvalue weighted by Crippen LogP contribution is 2.52. The van der Waals surface area contributed by atoms with Crippen LogP contribution in [-0.4, -0.2) is 60.8 Å². The first-order valence-electron chi connectivity index (χ1n) is 12.0. The number of hydrogen-bond donors (Lipinski definition) is 0. The Bertz CT molecular complexity index is 475. The van der Waals surface area contributed by atoms with Gasteiger partial charge in [-0.2, -0.15) is 0 Å². The number of ether oxygens (including phenoxy) is 1. The van der Waals surface area contributed by atoms with Gasteiger partial charge < -0.3 is 14.5 Å². The van der Waals surface area contributed by atoms with Crippen molar-refractivity contribution in [2.75, 3.05) is 32.7 Å². The summed E-state index contributed by atoms with van der Waals surface area (Å²) in [6.45, 7) is 16.0. The summed E-state index contributed by atoms with van der Waals surface area (Å²) >= 11 is 0. The Kier molecular flexibility index (Phi) is 5.94. The van der Waals surface area contributed by atoms with Gasteiger partial charge in [-0.15, -0.1) is 0 Å². The summed E-state index contributed by atoms with van der Waals surface area (Å²) in [5.41, 5.74) is 1.33. The molecule has 0 unspecified atom stereocenters. The fourth-order valence-electron chi connectivity index (χ4n) is 6.34. The molecule has 4 rings (SSSR count). The molecule has 0 N–H and O–H groups in total. The number of rotatable bonds is 7. The molecule has 0 atom stereocenters. The molecule has 2 aliphatic heterocycles. The zero-order valence-electron chi connectivity index (χ0n) is 18.5. The first-order valence-corrected chi connectivity index (χ1v) is 12.0. The molecule has 0 aromatic heterocycles. The quantitative estimate of drug-likeness (QED) is 0.625. The van der Waals surface area contributed by atoms with Gasteiger partial charge in [0, 0.05) is 25.7 Å². The van der Waals surface area contributed by atoms with E-state index in [2.05, 4.69) is 37.5 Å². The molecule has 4 fully saturated rings. The highest BCUT2D eigenvalue weighted by atomic mass is 16.5. The van der Waals surface area contributed by atoms with E-state index in [9.17, 15) is 0 Å². The Morgan fingerprint density at radius 3 is 2.00 bits per heavy atom. The molecule has 3 nitrogen and oxygen atoms in total. The van der Waals surface area contributed by atoms with Crippen molar-refractivity contribution in [3.8, 4) is 0 Å². The first kappa shape index (κ1) is 20.2. The van der Waals surface area contributed by atoms with E-state index in [1.807, 2.05) is 0 Å². The van der Waals surface area contributed by atoms with E-state index in [1.54, 1.807) is 0 Å². The third kappa shape index (κ3) is 4.90. The molecule has 2 heterocycles. The minimum absolute atomic E-state index is 0.541. The Balaban J connectivity index is 1.13. The monoisotopic (exact) mass is 376 g/mol. The first-order chi connectivity index (χ1) is 12.9. The van der Waals surface area contributed by atoms with Crippen LogP contribution in [0.3, 0.4) is 0 Å². The van der Waals surface area contributed by atoms with Crippen LogP contribution in [0.1, 0.15) is 85.5 Å². The van der Waals surface area contributed by atoms with Crippen molar-refractivity contribution in [3.63, 3.8) is 0 Å². The van der Waals surface area contributed by atoms with E-state index >= 15 is 0 Å². The van der Waals surface area contributed by atoms with Gasteiger partial charge in [0.15, 0.2) is 0 Å². The molecule has 27 heavy (non-hydrogen) atoms. The summed E-state index contributed by atoms with van der Waals surface area (Å²) in [6, 6.07) is 0.718. The van der Waals surface area contributed by atoms with Gasteiger partial charge in [0.2, 0.25) is 0 Å². The van der Waals surface area contributed by atoms with Crippen LogP contribution in [-0.2, 0) is 4.74 Å². The highest BCUT2D eigenvalue weighted by Gasteiger charge is 2.48. The lowest BCUT2D eigenvalue weighted by Crippen LogP contribution is -2.52. The van der Waals surface area contributed by atoms with Crippen LogP contribution in [0.5, 0.6) is 0 Å². The molecule has 2 saturated carbocycles. The van der Waals surface area contributed by atoms with Gasteiger partial charge >= 0.3 is 0 Å². The van der Waals surface area contributed by atoms with Crippen molar-refractivity contribution >= 4 is 0 Å². The standard InChI is InChI=1S/C24H44N2O/c1-19(2)15-24(7-8-24)18-25-11-5-21(6-12-25)27-22-16-23(17-22)9-13-26(14-10-23)20(3)4/h19-22H,5-18H2,1-4H3. The van der Waals surface area contributed by atoms with E-state index in [-0.39, 0.29) is 0 Å². The average molecular weight is 377 g/mol. The van der Waals surface area contributed by atoms with Crippen LogP contribution < -0.4 is 0 Å². The molecular formula is C24H44N2O. The van der Waals surface area contributed by atoms with Gasteiger partial charge in [0.05, 0.1) is 12.2 Å². The topological polar surface area (TPSA) is 15.7 Å². The number of piperidine rings is 2. The van der Waals surface area contributed by atoms with Crippen LogP contribution in [0.15, 0.2) is 0 Å². The fraction of sp³-hybridized carbons (Fsp3) is 1.00. The van der Waals surface area contributed by atoms with Crippen LogP contribution in [0.25, 0.3) is 0 Å². The van der Waals surface area contributed by atoms with E-state index < -0.39 is 0 Å². The number of likely N-dealkylation sites (tertiary alicyclic amines) is 2. The largest absolute Gasteiger partial charge is 0.375 e. The van der Waals surface area contributed by atoms with Crippen LogP contribution in [0.2, 0.25) is 0 Å². The van der Waals surface area contributed by atoms with E-state index in [0.29, 0.717) is 23.0 Å². The molecule has 0 bridgehead atoms. The second kappa shape index (κ2) is 7.95. The number of nitrogens with zero attached hydrogens (tertiary/aromatic N) is 2. The van der Waals surface area contributed by atoms with Gasteiger partial charge in [-0.25, -0.2) is 0 Å². The van der Waals surface area contributed by atoms with Gasteiger partial charge in [-0.1, -0.05) is 13.8 Å². The maximum Gasteiger partial charge on any atom is 0.0603 e. The summed E-state index contributed by atoms with van der Waals surface area (Å²) in [5, 5.41) is 0. The van der Waals surface area contributed by atoms with Crippen molar-refractivity contribution in [1.82, 2.24) is 9.80 Å². The molecule has 0 radical (unpaired) electrons. The SMILES string of the molecule is CC(C)CC1(CN2CCC(OC3CC4(CCN(C(C)C)CC4)C3)CC2)CC1. The van der Waals surface area contributed by atoms with Gasteiger partial charge in [0.1, 0.15) is 0 Å². The molecule has 2 saturated heterocycles. The fourth-order valence-corrected chi connectivity index (χ4v) is 6.34. The van der Waals surface area contributed by atoms with Crippen molar-refractivity contribution in [2.45, 2.75) is 104 Å². The summed E-state index contributed by atoms with van der Waals surface area (Å²) in [5.74, 6) is 0.853. The van der Waals surface area contributed by atoms with Crippen molar-refractivity contribution in [1.29, 1.82) is 0 Å². The third-order valence-electron chi connectivity index (χ3n) is 8.19. The maximum absolute atomic E-state index is 6.55. The Morgan fingerprint density at radius 1 is 0.852 bits per heavy atom. The zero-order valence-corrected chi connectivity index (χ0v) is 18.5. The third-order valence-corrected chi connectivity index (χ3v) is 8.19. The maximum atomic E-state index is 6.55. The summed E-state index contributed by atoms with van der Waals surface area (Å²) in [6.07, 6.45) is 13.5. The van der Waals surface area contributed by atoms with Gasteiger partial charge in [-0.05, 0) is 101 Å². The molecule has 3 heteroatoms. The van der Waals surface area contributed by atoms with E-state index in [0.717, 1.165) is 12.0 Å². The molecule has 2 aliphatic carbocycles. The van der Waals surface area contributed by atoms with Gasteiger partial charge in [-0.3, -0.25) is 0 Å². The zero-order chi connectivity index (χ0) is 19.1. The highest BCUT2D eigenvalue weighted by molar-refractivity contribution is 4.99. The van der Waals surface area contributed by atoms with E-state index in [4.69, 9.17) is 4.74 Å². The minimum atomic E-state index is 0.541. The van der Waals surface area contributed by atoms with Crippen LogP contribution in [0.4, 0.5) is 0 Å². The Hall–Kier alpha value is -0.120. The summed E-state index contributed by atoms with van der Waals surface area (Å²) < 4.78 is 6.55. The van der Waals surface area contributed by atoms with Gasteiger partial charge in [0.25, 0.3) is 0 Å².